The first-order valence-electron chi connectivity index (χ1n) is 8.14. The Morgan fingerprint density at radius 2 is 2.25 bits per heavy atom. The van der Waals surface area contributed by atoms with E-state index in [4.69, 9.17) is 4.52 Å². The van der Waals surface area contributed by atoms with E-state index in [0.29, 0.717) is 23.5 Å². The predicted octanol–water partition coefficient (Wildman–Crippen LogP) is 2.51. The number of carbonyl (C=O) groups is 1. The normalized spacial score (nSPS) is 18.2. The van der Waals surface area contributed by atoms with Crippen molar-refractivity contribution in [2.24, 2.45) is 0 Å². The lowest BCUT2D eigenvalue weighted by atomic mass is 10.0. The predicted molar refractivity (Wildman–Crippen MR) is 87.7 cm³/mol. The number of aromatic nitrogens is 4. The first-order valence-corrected chi connectivity index (χ1v) is 8.14. The van der Waals surface area contributed by atoms with Gasteiger partial charge in [0.25, 0.3) is 11.6 Å². The Morgan fingerprint density at radius 3 is 3.04 bits per heavy atom. The number of hydrogen-bond acceptors (Lipinski definition) is 5. The van der Waals surface area contributed by atoms with Gasteiger partial charge < -0.3 is 14.0 Å². The van der Waals surface area contributed by atoms with Crippen molar-refractivity contribution in [2.75, 3.05) is 13.1 Å². The summed E-state index contributed by atoms with van der Waals surface area (Å²) in [5.74, 6) is 0.0154. The Labute approximate surface area is 139 Å². The molecule has 3 aromatic heterocycles. The third-order valence-electron chi connectivity index (χ3n) is 4.61. The number of amides is 1. The van der Waals surface area contributed by atoms with Gasteiger partial charge in [-0.3, -0.25) is 4.79 Å². The molecule has 4 heterocycles. The molecule has 0 radical (unpaired) electrons. The molecule has 0 spiro atoms. The maximum atomic E-state index is 13.1. The fourth-order valence-electron chi connectivity index (χ4n) is 3.42. The fourth-order valence-corrected chi connectivity index (χ4v) is 3.42. The van der Waals surface area contributed by atoms with Crippen LogP contribution in [0, 0.1) is 13.8 Å². The van der Waals surface area contributed by atoms with Gasteiger partial charge >= 0.3 is 0 Å². The third-order valence-corrected chi connectivity index (χ3v) is 4.61. The van der Waals surface area contributed by atoms with E-state index in [0.717, 1.165) is 30.5 Å². The van der Waals surface area contributed by atoms with Crippen molar-refractivity contribution < 1.29 is 9.32 Å². The highest BCUT2D eigenvalue weighted by molar-refractivity contribution is 6.06. The van der Waals surface area contributed by atoms with E-state index in [1.54, 1.807) is 6.20 Å². The molecule has 1 fully saturated rings. The number of imidazole rings is 1. The summed E-state index contributed by atoms with van der Waals surface area (Å²) in [6.45, 7) is 5.14. The lowest BCUT2D eigenvalue weighted by molar-refractivity contribution is 0.0681. The number of fused-ring (bicyclic) bond motifs is 1. The van der Waals surface area contributed by atoms with E-state index in [9.17, 15) is 4.79 Å². The number of piperidine rings is 1. The highest BCUT2D eigenvalue weighted by Gasteiger charge is 2.28. The Bertz CT molecular complexity index is 884. The van der Waals surface area contributed by atoms with Gasteiger partial charge in [0, 0.05) is 31.2 Å². The minimum Gasteiger partial charge on any atom is -0.337 e. The van der Waals surface area contributed by atoms with Gasteiger partial charge in [-0.1, -0.05) is 5.16 Å². The van der Waals surface area contributed by atoms with Gasteiger partial charge in [-0.25, -0.2) is 9.97 Å². The molecule has 0 bridgehead atoms. The standard InChI is InChI=1S/C17H19N5O2/c1-11-8-14(15-12(2)20-24-16(15)19-11)17(23)21-6-3-4-13(9-21)22-7-5-18-10-22/h5,7-8,10,13H,3-4,6,9H2,1-2H3. The summed E-state index contributed by atoms with van der Waals surface area (Å²) in [6.07, 6.45) is 7.58. The van der Waals surface area contributed by atoms with Crippen LogP contribution in [-0.2, 0) is 0 Å². The quantitative estimate of drug-likeness (QED) is 0.723. The van der Waals surface area contributed by atoms with Crippen LogP contribution in [0.3, 0.4) is 0 Å². The molecule has 0 aliphatic carbocycles. The number of rotatable bonds is 2. The van der Waals surface area contributed by atoms with Gasteiger partial charge in [-0.15, -0.1) is 0 Å². The van der Waals surface area contributed by atoms with Crippen molar-refractivity contribution in [1.29, 1.82) is 0 Å². The summed E-state index contributed by atoms with van der Waals surface area (Å²) in [5.41, 5.74) is 2.51. The van der Waals surface area contributed by atoms with E-state index in [1.807, 2.05) is 37.3 Å². The number of aryl methyl sites for hydroxylation is 2. The fraction of sp³-hybridized carbons (Fsp3) is 0.412. The molecule has 1 atom stereocenters. The zero-order valence-electron chi connectivity index (χ0n) is 13.8. The van der Waals surface area contributed by atoms with Crippen LogP contribution in [0.1, 0.15) is 40.6 Å². The topological polar surface area (TPSA) is 77.0 Å². The van der Waals surface area contributed by atoms with E-state index < -0.39 is 0 Å². The summed E-state index contributed by atoms with van der Waals surface area (Å²) >= 11 is 0. The van der Waals surface area contributed by atoms with Crippen LogP contribution < -0.4 is 0 Å². The van der Waals surface area contributed by atoms with E-state index in [2.05, 4.69) is 19.7 Å². The molecule has 7 heteroatoms. The van der Waals surface area contributed by atoms with Crippen molar-refractivity contribution in [3.05, 3.63) is 41.7 Å². The monoisotopic (exact) mass is 325 g/mol. The number of hydrogen-bond donors (Lipinski definition) is 0. The average Bonchev–Trinajstić information content (AvgIpc) is 3.24. The minimum atomic E-state index is 0.0154. The number of likely N-dealkylation sites (tertiary alicyclic amines) is 1. The van der Waals surface area contributed by atoms with Crippen LogP contribution in [0.2, 0.25) is 0 Å². The first-order chi connectivity index (χ1) is 11.6. The number of pyridine rings is 1. The summed E-state index contributed by atoms with van der Waals surface area (Å²) in [6, 6.07) is 2.10. The molecule has 3 aromatic rings. The Kier molecular flexibility index (Phi) is 3.55. The summed E-state index contributed by atoms with van der Waals surface area (Å²) < 4.78 is 7.32. The Morgan fingerprint density at radius 1 is 1.38 bits per heavy atom. The van der Waals surface area contributed by atoms with E-state index in [-0.39, 0.29) is 11.9 Å². The second-order valence-electron chi connectivity index (χ2n) is 6.32. The molecular formula is C17H19N5O2. The molecule has 4 rings (SSSR count). The van der Waals surface area contributed by atoms with Crippen molar-refractivity contribution in [3.8, 4) is 0 Å². The van der Waals surface area contributed by atoms with Crippen LogP contribution >= 0.6 is 0 Å². The lowest BCUT2D eigenvalue weighted by Gasteiger charge is -2.33. The molecule has 0 aromatic carbocycles. The first kappa shape index (κ1) is 14.9. The van der Waals surface area contributed by atoms with E-state index in [1.165, 1.54) is 0 Å². The number of carbonyl (C=O) groups excluding carboxylic acids is 1. The summed E-state index contributed by atoms with van der Waals surface area (Å²) in [4.78, 5) is 23.5. The minimum absolute atomic E-state index is 0.0154. The van der Waals surface area contributed by atoms with Gasteiger partial charge in [-0.05, 0) is 32.8 Å². The van der Waals surface area contributed by atoms with Crippen LogP contribution in [0.25, 0.3) is 11.1 Å². The van der Waals surface area contributed by atoms with Crippen molar-refractivity contribution in [3.63, 3.8) is 0 Å². The molecule has 124 valence electrons. The van der Waals surface area contributed by atoms with Gasteiger partial charge in [0.15, 0.2) is 0 Å². The van der Waals surface area contributed by atoms with Crippen molar-refractivity contribution in [2.45, 2.75) is 32.7 Å². The Balaban J connectivity index is 1.67. The third kappa shape index (κ3) is 2.46. The summed E-state index contributed by atoms with van der Waals surface area (Å²) in [5, 5.41) is 4.68. The van der Waals surface area contributed by atoms with E-state index >= 15 is 0 Å². The second-order valence-corrected chi connectivity index (χ2v) is 6.32. The van der Waals surface area contributed by atoms with Gasteiger partial charge in [-0.2, -0.15) is 0 Å². The maximum Gasteiger partial charge on any atom is 0.258 e. The SMILES string of the molecule is Cc1cc(C(=O)N2CCCC(n3ccnc3)C2)c2c(C)noc2n1. The highest BCUT2D eigenvalue weighted by atomic mass is 16.5. The largest absolute Gasteiger partial charge is 0.337 e. The zero-order chi connectivity index (χ0) is 16.7. The molecule has 1 aliphatic rings. The molecule has 0 saturated carbocycles. The molecule has 24 heavy (non-hydrogen) atoms. The molecular weight excluding hydrogens is 306 g/mol. The smallest absolute Gasteiger partial charge is 0.258 e. The number of nitrogens with zero attached hydrogens (tertiary/aromatic N) is 5. The van der Waals surface area contributed by atoms with Crippen LogP contribution in [0.4, 0.5) is 0 Å². The molecule has 1 aliphatic heterocycles. The van der Waals surface area contributed by atoms with Crippen LogP contribution in [0.15, 0.2) is 29.3 Å². The molecule has 7 nitrogen and oxygen atoms in total. The zero-order valence-corrected chi connectivity index (χ0v) is 13.8. The van der Waals surface area contributed by atoms with Crippen molar-refractivity contribution >= 4 is 17.0 Å². The Hall–Kier alpha value is -2.70. The molecule has 1 unspecified atom stereocenters. The second kappa shape index (κ2) is 5.74. The highest BCUT2D eigenvalue weighted by Crippen LogP contribution is 2.27. The molecule has 1 saturated heterocycles. The average molecular weight is 325 g/mol. The van der Waals surface area contributed by atoms with Crippen LogP contribution in [0.5, 0.6) is 0 Å². The molecule has 1 amide bonds. The van der Waals surface area contributed by atoms with Crippen molar-refractivity contribution in [1.82, 2.24) is 24.6 Å². The van der Waals surface area contributed by atoms with Crippen LogP contribution in [-0.4, -0.2) is 43.6 Å². The summed E-state index contributed by atoms with van der Waals surface area (Å²) in [7, 11) is 0. The maximum absolute atomic E-state index is 13.1. The van der Waals surface area contributed by atoms with Gasteiger partial charge in [0.05, 0.1) is 29.0 Å². The molecule has 0 N–H and O–H groups in total. The lowest BCUT2D eigenvalue weighted by Crippen LogP contribution is -2.40. The van der Waals surface area contributed by atoms with Gasteiger partial charge in [0.1, 0.15) is 0 Å². The van der Waals surface area contributed by atoms with Gasteiger partial charge in [0.2, 0.25) is 0 Å².